The van der Waals surface area contributed by atoms with Crippen molar-refractivity contribution in [2.75, 3.05) is 20.3 Å². The lowest BCUT2D eigenvalue weighted by atomic mass is 10.0. The van der Waals surface area contributed by atoms with Crippen molar-refractivity contribution in [2.24, 2.45) is 0 Å². The number of aromatic amines is 1. The highest BCUT2D eigenvalue weighted by atomic mass is 35.5. The molecular formula is C17H16ClFN2O3. The van der Waals surface area contributed by atoms with E-state index in [1.54, 1.807) is 19.5 Å². The van der Waals surface area contributed by atoms with E-state index in [1.165, 1.54) is 12.1 Å². The molecule has 7 heteroatoms. The number of nitrogens with zero attached hydrogens (tertiary/aromatic N) is 1. The SMILES string of the molecule is COc1cnc2[nH]cc(Cc3c(F)ccc(OCCO)c3Cl)c2c1. The number of nitrogens with one attached hydrogen (secondary N) is 1. The lowest BCUT2D eigenvalue weighted by Crippen LogP contribution is -2.04. The Morgan fingerprint density at radius 1 is 1.38 bits per heavy atom. The molecule has 0 aliphatic carbocycles. The Bertz CT molecular complexity index is 866. The van der Waals surface area contributed by atoms with Crippen molar-refractivity contribution in [3.8, 4) is 11.5 Å². The fraction of sp³-hybridized carbons (Fsp3) is 0.235. The molecule has 0 saturated carbocycles. The fourth-order valence-corrected chi connectivity index (χ4v) is 2.77. The van der Waals surface area contributed by atoms with Gasteiger partial charge in [0.1, 0.15) is 29.6 Å². The molecule has 3 aromatic rings. The van der Waals surface area contributed by atoms with E-state index in [9.17, 15) is 4.39 Å². The number of aromatic nitrogens is 2. The first kappa shape index (κ1) is 16.5. The molecule has 0 atom stereocenters. The molecule has 0 saturated heterocycles. The minimum Gasteiger partial charge on any atom is -0.495 e. The van der Waals surface area contributed by atoms with Gasteiger partial charge in [-0.25, -0.2) is 9.37 Å². The summed E-state index contributed by atoms with van der Waals surface area (Å²) in [5, 5.41) is 9.89. The van der Waals surface area contributed by atoms with E-state index < -0.39 is 5.82 Å². The van der Waals surface area contributed by atoms with Crippen molar-refractivity contribution >= 4 is 22.6 Å². The third-order valence-electron chi connectivity index (χ3n) is 3.69. The van der Waals surface area contributed by atoms with Gasteiger partial charge < -0.3 is 19.6 Å². The summed E-state index contributed by atoms with van der Waals surface area (Å²) in [7, 11) is 1.56. The molecule has 0 amide bonds. The topological polar surface area (TPSA) is 67.4 Å². The number of benzene rings is 1. The van der Waals surface area contributed by atoms with Gasteiger partial charge in [0.25, 0.3) is 0 Å². The average Bonchev–Trinajstić information content (AvgIpc) is 3.00. The highest BCUT2D eigenvalue weighted by Gasteiger charge is 2.16. The maximum atomic E-state index is 14.3. The molecule has 2 heterocycles. The van der Waals surface area contributed by atoms with Crippen LogP contribution >= 0.6 is 11.6 Å². The van der Waals surface area contributed by atoms with Gasteiger partial charge in [0.05, 0.1) is 24.9 Å². The number of fused-ring (bicyclic) bond motifs is 1. The Balaban J connectivity index is 1.99. The molecular weight excluding hydrogens is 335 g/mol. The first-order valence-electron chi connectivity index (χ1n) is 7.34. The van der Waals surface area contributed by atoms with Crippen molar-refractivity contribution in [1.29, 1.82) is 0 Å². The average molecular weight is 351 g/mol. The van der Waals surface area contributed by atoms with Crippen molar-refractivity contribution in [3.63, 3.8) is 0 Å². The van der Waals surface area contributed by atoms with Crippen molar-refractivity contribution in [2.45, 2.75) is 6.42 Å². The van der Waals surface area contributed by atoms with Gasteiger partial charge in [0.2, 0.25) is 0 Å². The largest absolute Gasteiger partial charge is 0.495 e. The summed E-state index contributed by atoms with van der Waals surface area (Å²) in [4.78, 5) is 7.31. The second-order valence-corrected chi connectivity index (χ2v) is 5.55. The summed E-state index contributed by atoms with van der Waals surface area (Å²) >= 11 is 6.28. The Labute approximate surface area is 143 Å². The minimum atomic E-state index is -0.415. The van der Waals surface area contributed by atoms with Crippen LogP contribution in [0.4, 0.5) is 4.39 Å². The molecule has 0 aliphatic rings. The van der Waals surface area contributed by atoms with Crippen molar-refractivity contribution in [1.82, 2.24) is 9.97 Å². The Hall–Kier alpha value is -2.31. The molecule has 3 rings (SSSR count). The zero-order chi connectivity index (χ0) is 17.1. The van der Waals surface area contributed by atoms with E-state index in [0.29, 0.717) is 22.7 Å². The molecule has 0 bridgehead atoms. The molecule has 1 aromatic carbocycles. The van der Waals surface area contributed by atoms with Gasteiger partial charge in [-0.2, -0.15) is 0 Å². The maximum absolute atomic E-state index is 14.3. The number of ether oxygens (including phenoxy) is 2. The third-order valence-corrected chi connectivity index (χ3v) is 4.11. The molecule has 126 valence electrons. The van der Waals surface area contributed by atoms with Crippen LogP contribution in [0.1, 0.15) is 11.1 Å². The van der Waals surface area contributed by atoms with E-state index in [-0.39, 0.29) is 24.7 Å². The van der Waals surface area contributed by atoms with Crippen LogP contribution < -0.4 is 9.47 Å². The quantitative estimate of drug-likeness (QED) is 0.715. The van der Waals surface area contributed by atoms with E-state index in [4.69, 9.17) is 26.2 Å². The maximum Gasteiger partial charge on any atom is 0.138 e. The number of hydrogen-bond donors (Lipinski definition) is 2. The molecule has 0 spiro atoms. The number of halogens is 2. The van der Waals surface area contributed by atoms with Gasteiger partial charge in [0.15, 0.2) is 0 Å². The number of methoxy groups -OCH3 is 1. The number of pyridine rings is 1. The van der Waals surface area contributed by atoms with Crippen molar-refractivity contribution in [3.05, 3.63) is 52.6 Å². The Kier molecular flexibility index (Phi) is 4.87. The van der Waals surface area contributed by atoms with Crippen molar-refractivity contribution < 1.29 is 19.0 Å². The summed E-state index contributed by atoms with van der Waals surface area (Å²) in [5.41, 5.74) is 1.86. The number of H-pyrrole nitrogens is 1. The molecule has 2 aromatic heterocycles. The summed E-state index contributed by atoms with van der Waals surface area (Å²) in [6, 6.07) is 4.60. The smallest absolute Gasteiger partial charge is 0.138 e. The van der Waals surface area contributed by atoms with Gasteiger partial charge in [-0.3, -0.25) is 0 Å². The number of aliphatic hydroxyl groups is 1. The first-order valence-corrected chi connectivity index (χ1v) is 7.72. The van der Waals surface area contributed by atoms with Crippen LogP contribution in [0.2, 0.25) is 5.02 Å². The van der Waals surface area contributed by atoms with Gasteiger partial charge in [-0.05, 0) is 23.8 Å². The second kappa shape index (κ2) is 7.07. The predicted octanol–water partition coefficient (Wildman–Crippen LogP) is 3.33. The minimum absolute atomic E-state index is 0.0962. The predicted molar refractivity (Wildman–Crippen MR) is 89.4 cm³/mol. The zero-order valence-corrected chi connectivity index (χ0v) is 13.7. The lowest BCUT2D eigenvalue weighted by molar-refractivity contribution is 0.201. The molecule has 0 aliphatic heterocycles. The van der Waals surface area contributed by atoms with Gasteiger partial charge in [-0.1, -0.05) is 11.6 Å². The third kappa shape index (κ3) is 3.16. The normalized spacial score (nSPS) is 11.0. The van der Waals surface area contributed by atoms with E-state index in [1.807, 2.05) is 6.07 Å². The Morgan fingerprint density at radius 2 is 2.21 bits per heavy atom. The molecule has 0 radical (unpaired) electrons. The molecule has 2 N–H and O–H groups in total. The van der Waals surface area contributed by atoms with Crippen LogP contribution in [0.25, 0.3) is 11.0 Å². The summed E-state index contributed by atoms with van der Waals surface area (Å²) in [6.45, 7) is -0.0457. The molecule has 0 fully saturated rings. The monoisotopic (exact) mass is 350 g/mol. The first-order chi connectivity index (χ1) is 11.6. The van der Waals surface area contributed by atoms with Crippen LogP contribution in [0.3, 0.4) is 0 Å². The zero-order valence-electron chi connectivity index (χ0n) is 13.0. The fourth-order valence-electron chi connectivity index (χ4n) is 2.49. The van der Waals surface area contributed by atoms with Crippen LogP contribution in [0.15, 0.2) is 30.6 Å². The molecule has 24 heavy (non-hydrogen) atoms. The van der Waals surface area contributed by atoms with E-state index in [0.717, 1.165) is 10.9 Å². The molecule has 5 nitrogen and oxygen atoms in total. The van der Waals surface area contributed by atoms with E-state index in [2.05, 4.69) is 9.97 Å². The number of hydrogen-bond acceptors (Lipinski definition) is 4. The lowest BCUT2D eigenvalue weighted by Gasteiger charge is -2.11. The van der Waals surface area contributed by atoms with Crippen LogP contribution in [0, 0.1) is 5.82 Å². The van der Waals surface area contributed by atoms with Crippen LogP contribution in [0.5, 0.6) is 11.5 Å². The van der Waals surface area contributed by atoms with Gasteiger partial charge in [-0.15, -0.1) is 0 Å². The summed E-state index contributed by atoms with van der Waals surface area (Å²) < 4.78 is 24.8. The Morgan fingerprint density at radius 3 is 2.96 bits per heavy atom. The van der Waals surface area contributed by atoms with Crippen LogP contribution in [-0.2, 0) is 6.42 Å². The van der Waals surface area contributed by atoms with E-state index >= 15 is 0 Å². The summed E-state index contributed by atoms with van der Waals surface area (Å²) in [6.07, 6.45) is 3.66. The number of rotatable bonds is 6. The molecule has 0 unspecified atom stereocenters. The standard InChI is InChI=1S/C17H16ClFN2O3/c1-23-11-7-12-10(8-20-17(12)21-9-11)6-13-14(19)2-3-15(16(13)18)24-5-4-22/h2-3,7-9,22H,4-6H2,1H3,(H,20,21). The van der Waals surface area contributed by atoms with Gasteiger partial charge in [0, 0.05) is 23.6 Å². The van der Waals surface area contributed by atoms with Crippen LogP contribution in [-0.4, -0.2) is 35.4 Å². The highest BCUT2D eigenvalue weighted by Crippen LogP contribution is 2.33. The second-order valence-electron chi connectivity index (χ2n) is 5.17. The highest BCUT2D eigenvalue weighted by molar-refractivity contribution is 6.32. The van der Waals surface area contributed by atoms with Gasteiger partial charge >= 0.3 is 0 Å². The number of aliphatic hydroxyl groups excluding tert-OH is 1. The summed E-state index contributed by atoms with van der Waals surface area (Å²) in [5.74, 6) is 0.550.